The molecule has 1 fully saturated rings. The van der Waals surface area contributed by atoms with E-state index in [4.69, 9.17) is 21.1 Å². The number of benzene rings is 1. The summed E-state index contributed by atoms with van der Waals surface area (Å²) < 4.78 is 25.1. The van der Waals surface area contributed by atoms with Crippen molar-refractivity contribution in [2.75, 3.05) is 12.5 Å². The van der Waals surface area contributed by atoms with Gasteiger partial charge in [-0.05, 0) is 18.1 Å². The maximum atomic E-state index is 13.6. The van der Waals surface area contributed by atoms with Crippen LogP contribution < -0.4 is 0 Å². The van der Waals surface area contributed by atoms with E-state index in [1.54, 1.807) is 6.07 Å². The van der Waals surface area contributed by atoms with Crippen LogP contribution in [0.4, 0.5) is 4.39 Å². The quantitative estimate of drug-likeness (QED) is 0.705. The third kappa shape index (κ3) is 1.39. The Morgan fingerprint density at radius 1 is 1.50 bits per heavy atom. The molecule has 1 aliphatic heterocycles. The highest BCUT2D eigenvalue weighted by atomic mass is 35.5. The second kappa shape index (κ2) is 3.69. The summed E-state index contributed by atoms with van der Waals surface area (Å²) in [5.74, 6) is -0.500. The molecule has 3 rings (SSSR count). The number of halogens is 2. The first-order chi connectivity index (χ1) is 7.75. The highest BCUT2D eigenvalue weighted by molar-refractivity contribution is 6.18. The number of ether oxygens (including phenoxy) is 2. The van der Waals surface area contributed by atoms with E-state index in [0.717, 1.165) is 11.1 Å². The minimum absolute atomic E-state index is 0.0871. The van der Waals surface area contributed by atoms with Gasteiger partial charge in [-0.25, -0.2) is 4.39 Å². The smallest absolute Gasteiger partial charge is 0.196 e. The summed E-state index contributed by atoms with van der Waals surface area (Å²) in [6.45, 7) is 0.486. The molecule has 1 saturated heterocycles. The van der Waals surface area contributed by atoms with E-state index in [2.05, 4.69) is 0 Å². The van der Waals surface area contributed by atoms with Crippen molar-refractivity contribution in [3.05, 3.63) is 35.1 Å². The van der Waals surface area contributed by atoms with Crippen LogP contribution in [0.5, 0.6) is 0 Å². The number of alkyl halides is 1. The lowest BCUT2D eigenvalue weighted by atomic mass is 10.1. The molecule has 2 atom stereocenters. The fourth-order valence-electron chi connectivity index (χ4n) is 2.51. The lowest BCUT2D eigenvalue weighted by molar-refractivity contribution is -0.172. The highest BCUT2D eigenvalue weighted by Gasteiger charge is 2.47. The molecule has 2 unspecified atom stereocenters. The third-order valence-electron chi connectivity index (χ3n) is 3.26. The molecule has 1 spiro atoms. The molecule has 0 bridgehead atoms. The van der Waals surface area contributed by atoms with E-state index >= 15 is 0 Å². The van der Waals surface area contributed by atoms with Gasteiger partial charge in [0.25, 0.3) is 0 Å². The molecule has 4 heteroatoms. The van der Waals surface area contributed by atoms with Crippen LogP contribution in [0.3, 0.4) is 0 Å². The molecule has 0 amide bonds. The average molecular weight is 243 g/mol. The second-order valence-electron chi connectivity index (χ2n) is 4.22. The monoisotopic (exact) mass is 242 g/mol. The van der Waals surface area contributed by atoms with Gasteiger partial charge in [0.2, 0.25) is 0 Å². The Bertz CT molecular complexity index is 423. The van der Waals surface area contributed by atoms with Crippen molar-refractivity contribution in [2.45, 2.75) is 24.7 Å². The molecule has 16 heavy (non-hydrogen) atoms. The Morgan fingerprint density at radius 3 is 3.12 bits per heavy atom. The molecule has 86 valence electrons. The van der Waals surface area contributed by atoms with Crippen LogP contribution in [0.1, 0.15) is 17.5 Å². The minimum Gasteiger partial charge on any atom is -0.343 e. The molecule has 0 N–H and O–H groups in total. The molecule has 0 saturated carbocycles. The number of hydrogen-bond donors (Lipinski definition) is 0. The molecule has 1 heterocycles. The van der Waals surface area contributed by atoms with Gasteiger partial charge in [-0.2, -0.15) is 0 Å². The normalized spacial score (nSPS) is 32.2. The van der Waals surface area contributed by atoms with Gasteiger partial charge in [-0.15, -0.1) is 11.6 Å². The number of fused-ring (bicyclic) bond motifs is 2. The maximum Gasteiger partial charge on any atom is 0.196 e. The summed E-state index contributed by atoms with van der Waals surface area (Å²) in [7, 11) is 0. The summed E-state index contributed by atoms with van der Waals surface area (Å²) in [5, 5.41) is 0. The van der Waals surface area contributed by atoms with E-state index in [-0.39, 0.29) is 11.9 Å². The van der Waals surface area contributed by atoms with Gasteiger partial charge >= 0.3 is 0 Å². The summed E-state index contributed by atoms with van der Waals surface area (Å²) in [4.78, 5) is 0. The average Bonchev–Trinajstić information content (AvgIpc) is 2.87. The SMILES string of the molecule is Fc1cccc2c1CCC21OCC(CCl)O1. The molecule has 1 aromatic rings. The van der Waals surface area contributed by atoms with E-state index in [1.165, 1.54) is 6.07 Å². The topological polar surface area (TPSA) is 18.5 Å². The summed E-state index contributed by atoms with van der Waals surface area (Å²) in [6, 6.07) is 5.05. The van der Waals surface area contributed by atoms with Crippen molar-refractivity contribution in [3.63, 3.8) is 0 Å². The molecule has 2 nitrogen and oxygen atoms in total. The zero-order valence-corrected chi connectivity index (χ0v) is 9.47. The van der Waals surface area contributed by atoms with E-state index in [9.17, 15) is 4.39 Å². The largest absolute Gasteiger partial charge is 0.343 e. The number of rotatable bonds is 1. The zero-order valence-electron chi connectivity index (χ0n) is 8.71. The van der Waals surface area contributed by atoms with Gasteiger partial charge < -0.3 is 9.47 Å². The molecule has 2 aliphatic rings. The van der Waals surface area contributed by atoms with Crippen molar-refractivity contribution in [1.82, 2.24) is 0 Å². The molecule has 0 aromatic heterocycles. The fraction of sp³-hybridized carbons (Fsp3) is 0.500. The molecular formula is C12H12ClFO2. The third-order valence-corrected chi connectivity index (χ3v) is 3.61. The Balaban J connectivity index is 2.00. The maximum absolute atomic E-state index is 13.6. The van der Waals surface area contributed by atoms with Crippen molar-refractivity contribution in [2.24, 2.45) is 0 Å². The first-order valence-corrected chi connectivity index (χ1v) is 5.94. The van der Waals surface area contributed by atoms with Crippen molar-refractivity contribution in [1.29, 1.82) is 0 Å². The summed E-state index contributed by atoms with van der Waals surface area (Å²) in [5.41, 5.74) is 1.55. The van der Waals surface area contributed by atoms with Gasteiger partial charge in [0.1, 0.15) is 5.82 Å². The van der Waals surface area contributed by atoms with Crippen LogP contribution in [0.25, 0.3) is 0 Å². The second-order valence-corrected chi connectivity index (χ2v) is 4.53. The van der Waals surface area contributed by atoms with Crippen LogP contribution in [0.2, 0.25) is 0 Å². The predicted octanol–water partition coefficient (Wildman–Crippen LogP) is 2.58. The van der Waals surface area contributed by atoms with Crippen LogP contribution in [-0.4, -0.2) is 18.6 Å². The van der Waals surface area contributed by atoms with Crippen LogP contribution in [0.15, 0.2) is 18.2 Å². The van der Waals surface area contributed by atoms with Gasteiger partial charge in [0.05, 0.1) is 18.6 Å². The van der Waals surface area contributed by atoms with E-state index in [0.29, 0.717) is 25.3 Å². The molecule has 0 radical (unpaired) electrons. The highest BCUT2D eigenvalue weighted by Crippen LogP contribution is 2.45. The Kier molecular flexibility index (Phi) is 2.42. The van der Waals surface area contributed by atoms with E-state index in [1.807, 2.05) is 6.07 Å². The minimum atomic E-state index is -0.739. The van der Waals surface area contributed by atoms with E-state index < -0.39 is 5.79 Å². The lowest BCUT2D eigenvalue weighted by Gasteiger charge is -2.23. The van der Waals surface area contributed by atoms with Crippen LogP contribution in [-0.2, 0) is 21.7 Å². The first-order valence-electron chi connectivity index (χ1n) is 5.41. The Morgan fingerprint density at radius 2 is 2.38 bits per heavy atom. The predicted molar refractivity (Wildman–Crippen MR) is 57.9 cm³/mol. The number of hydrogen-bond acceptors (Lipinski definition) is 2. The fourth-order valence-corrected chi connectivity index (χ4v) is 2.66. The first kappa shape index (κ1) is 10.5. The van der Waals surface area contributed by atoms with Gasteiger partial charge in [0.15, 0.2) is 5.79 Å². The van der Waals surface area contributed by atoms with Gasteiger partial charge in [-0.3, -0.25) is 0 Å². The summed E-state index contributed by atoms with van der Waals surface area (Å²) >= 11 is 5.75. The molecule has 1 aromatic carbocycles. The van der Waals surface area contributed by atoms with Crippen LogP contribution in [0, 0.1) is 5.82 Å². The molecular weight excluding hydrogens is 231 g/mol. The zero-order chi connectivity index (χ0) is 11.2. The van der Waals surface area contributed by atoms with Crippen molar-refractivity contribution in [3.8, 4) is 0 Å². The summed E-state index contributed by atoms with van der Waals surface area (Å²) in [6.07, 6.45) is 1.25. The Hall–Kier alpha value is -0.640. The van der Waals surface area contributed by atoms with Gasteiger partial charge in [0, 0.05) is 12.0 Å². The standard InChI is InChI=1S/C12H12ClFO2/c13-6-8-7-15-12(16-8)5-4-9-10(12)2-1-3-11(9)14/h1-3,8H,4-7H2. The van der Waals surface area contributed by atoms with Crippen LogP contribution >= 0.6 is 11.6 Å². The molecule has 1 aliphatic carbocycles. The van der Waals surface area contributed by atoms with Crippen molar-refractivity contribution >= 4 is 11.6 Å². The Labute approximate surface area is 98.3 Å². The van der Waals surface area contributed by atoms with Crippen molar-refractivity contribution < 1.29 is 13.9 Å². The lowest BCUT2D eigenvalue weighted by Crippen LogP contribution is -2.25. The van der Waals surface area contributed by atoms with Gasteiger partial charge in [-0.1, -0.05) is 12.1 Å².